The zero-order chi connectivity index (χ0) is 15.6. The first-order chi connectivity index (χ1) is 11.3. The molecule has 2 aliphatic rings. The largest absolute Gasteiger partial charge is 0.378 e. The Morgan fingerprint density at radius 2 is 2.22 bits per heavy atom. The van der Waals surface area contributed by atoms with Crippen LogP contribution in [-0.2, 0) is 9.53 Å². The number of thiazole rings is 1. The molecule has 2 aromatic rings. The number of carbonyl (C=O) groups is 1. The highest BCUT2D eigenvalue weighted by atomic mass is 32.1. The number of ether oxygens (including phenoxy) is 1. The van der Waals surface area contributed by atoms with Gasteiger partial charge >= 0.3 is 0 Å². The van der Waals surface area contributed by atoms with Crippen LogP contribution in [0.25, 0.3) is 10.2 Å². The molecule has 2 unspecified atom stereocenters. The van der Waals surface area contributed by atoms with E-state index >= 15 is 0 Å². The lowest BCUT2D eigenvalue weighted by atomic mass is 10.1. The van der Waals surface area contributed by atoms with Crippen LogP contribution < -0.4 is 0 Å². The number of carbonyl (C=O) groups excluding carboxylic acids is 1. The molecule has 2 saturated heterocycles. The third-order valence-corrected chi connectivity index (χ3v) is 6.01. The van der Waals surface area contributed by atoms with Crippen molar-refractivity contribution in [2.75, 3.05) is 13.2 Å². The molecule has 0 saturated carbocycles. The van der Waals surface area contributed by atoms with Gasteiger partial charge in [0.2, 0.25) is 5.91 Å². The normalized spacial score (nSPS) is 24.6. The predicted octanol–water partition coefficient (Wildman–Crippen LogP) is 3.92. The molecule has 2 aliphatic heterocycles. The van der Waals surface area contributed by atoms with Crippen molar-refractivity contribution in [2.24, 2.45) is 0 Å². The highest BCUT2D eigenvalue weighted by Gasteiger charge is 2.32. The molecule has 0 aliphatic carbocycles. The molecule has 3 heterocycles. The van der Waals surface area contributed by atoms with Crippen LogP contribution in [-0.4, -0.2) is 35.0 Å². The van der Waals surface area contributed by atoms with Gasteiger partial charge in [0.05, 0.1) is 22.4 Å². The topological polar surface area (TPSA) is 42.4 Å². The standard InChI is InChI=1S/C18H22N2O2S/c21-17(10-9-13-5-4-12-22-13)20-11-3-7-15(20)18-19-14-6-1-2-8-16(14)23-18/h1-2,6,8,13,15H,3-5,7,9-12H2. The van der Waals surface area contributed by atoms with Gasteiger partial charge < -0.3 is 9.64 Å². The lowest BCUT2D eigenvalue weighted by Crippen LogP contribution is -2.31. The molecule has 0 spiro atoms. The SMILES string of the molecule is O=C(CCC1CCCO1)N1CCCC1c1nc2ccccc2s1. The van der Waals surface area contributed by atoms with Crippen molar-refractivity contribution in [2.45, 2.75) is 50.7 Å². The Morgan fingerprint density at radius 1 is 1.30 bits per heavy atom. The number of benzene rings is 1. The quantitative estimate of drug-likeness (QED) is 0.853. The summed E-state index contributed by atoms with van der Waals surface area (Å²) < 4.78 is 6.85. The molecular weight excluding hydrogens is 308 g/mol. The Bertz CT molecular complexity index is 660. The van der Waals surface area contributed by atoms with E-state index in [9.17, 15) is 4.79 Å². The first kappa shape index (κ1) is 15.1. The second-order valence-corrected chi connectivity index (χ2v) is 7.50. The fourth-order valence-electron chi connectivity index (χ4n) is 3.65. The Hall–Kier alpha value is -1.46. The van der Waals surface area contributed by atoms with Crippen molar-refractivity contribution in [3.05, 3.63) is 29.3 Å². The molecule has 4 nitrogen and oxygen atoms in total. The maximum atomic E-state index is 12.6. The summed E-state index contributed by atoms with van der Waals surface area (Å²) in [6, 6.07) is 8.39. The van der Waals surface area contributed by atoms with Crippen LogP contribution >= 0.6 is 11.3 Å². The maximum Gasteiger partial charge on any atom is 0.223 e. The van der Waals surface area contributed by atoms with Gasteiger partial charge in [-0.2, -0.15) is 0 Å². The van der Waals surface area contributed by atoms with Gasteiger partial charge in [-0.05, 0) is 44.2 Å². The number of rotatable bonds is 4. The average molecular weight is 330 g/mol. The number of amides is 1. The minimum absolute atomic E-state index is 0.171. The van der Waals surface area contributed by atoms with Crippen molar-refractivity contribution in [3.8, 4) is 0 Å². The molecular formula is C18H22N2O2S. The number of likely N-dealkylation sites (tertiary alicyclic amines) is 1. The van der Waals surface area contributed by atoms with E-state index in [1.165, 1.54) is 4.70 Å². The summed E-state index contributed by atoms with van der Waals surface area (Å²) in [4.78, 5) is 19.5. The molecule has 2 fully saturated rings. The van der Waals surface area contributed by atoms with Crippen molar-refractivity contribution < 1.29 is 9.53 Å². The van der Waals surface area contributed by atoms with Crippen LogP contribution in [0.4, 0.5) is 0 Å². The fourth-order valence-corrected chi connectivity index (χ4v) is 4.77. The van der Waals surface area contributed by atoms with Gasteiger partial charge in [0.25, 0.3) is 0 Å². The van der Waals surface area contributed by atoms with Crippen LogP contribution in [0.5, 0.6) is 0 Å². The molecule has 0 N–H and O–H groups in total. The fraction of sp³-hybridized carbons (Fsp3) is 0.556. The number of fused-ring (bicyclic) bond motifs is 1. The van der Waals surface area contributed by atoms with E-state index in [0.29, 0.717) is 12.5 Å². The van der Waals surface area contributed by atoms with Crippen LogP contribution in [0.2, 0.25) is 0 Å². The summed E-state index contributed by atoms with van der Waals surface area (Å²) in [6.45, 7) is 1.72. The lowest BCUT2D eigenvalue weighted by Gasteiger charge is -2.23. The van der Waals surface area contributed by atoms with E-state index in [4.69, 9.17) is 9.72 Å². The molecule has 1 aromatic carbocycles. The smallest absolute Gasteiger partial charge is 0.223 e. The molecule has 122 valence electrons. The summed E-state index contributed by atoms with van der Waals surface area (Å²) >= 11 is 1.73. The second-order valence-electron chi connectivity index (χ2n) is 6.44. The minimum Gasteiger partial charge on any atom is -0.378 e. The Labute approximate surface area is 140 Å². The lowest BCUT2D eigenvalue weighted by molar-refractivity contribution is -0.132. The first-order valence-corrected chi connectivity index (χ1v) is 9.39. The van der Waals surface area contributed by atoms with Crippen molar-refractivity contribution in [3.63, 3.8) is 0 Å². The predicted molar refractivity (Wildman–Crippen MR) is 91.5 cm³/mol. The Balaban J connectivity index is 1.46. The van der Waals surface area contributed by atoms with Crippen molar-refractivity contribution >= 4 is 27.5 Å². The number of para-hydroxylation sites is 1. The number of hydrogen-bond acceptors (Lipinski definition) is 4. The monoisotopic (exact) mass is 330 g/mol. The summed E-state index contributed by atoms with van der Waals surface area (Å²) in [5.74, 6) is 0.266. The molecule has 1 amide bonds. The Kier molecular flexibility index (Phi) is 4.31. The van der Waals surface area contributed by atoms with Gasteiger partial charge in [0, 0.05) is 19.6 Å². The molecule has 23 heavy (non-hydrogen) atoms. The van der Waals surface area contributed by atoms with E-state index in [1.807, 2.05) is 23.1 Å². The first-order valence-electron chi connectivity index (χ1n) is 8.58. The third-order valence-electron chi connectivity index (χ3n) is 4.87. The summed E-state index contributed by atoms with van der Waals surface area (Å²) in [6.07, 6.45) is 6.11. The molecule has 0 radical (unpaired) electrons. The summed E-state index contributed by atoms with van der Waals surface area (Å²) in [5.41, 5.74) is 1.05. The van der Waals surface area contributed by atoms with Crippen LogP contribution in [0.1, 0.15) is 49.6 Å². The molecule has 1 aromatic heterocycles. The minimum atomic E-state index is 0.171. The van der Waals surface area contributed by atoms with E-state index in [-0.39, 0.29) is 11.9 Å². The number of aromatic nitrogens is 1. The van der Waals surface area contributed by atoms with Gasteiger partial charge in [-0.3, -0.25) is 4.79 Å². The third kappa shape index (κ3) is 3.12. The molecule has 5 heteroatoms. The number of nitrogens with zero attached hydrogens (tertiary/aromatic N) is 2. The van der Waals surface area contributed by atoms with E-state index < -0.39 is 0 Å². The average Bonchev–Trinajstić information content (AvgIpc) is 3.31. The van der Waals surface area contributed by atoms with E-state index in [2.05, 4.69) is 6.07 Å². The van der Waals surface area contributed by atoms with Crippen molar-refractivity contribution in [1.82, 2.24) is 9.88 Å². The van der Waals surface area contributed by atoms with E-state index in [0.717, 1.165) is 55.8 Å². The van der Waals surface area contributed by atoms with Crippen LogP contribution in [0, 0.1) is 0 Å². The molecule has 0 bridgehead atoms. The van der Waals surface area contributed by atoms with E-state index in [1.54, 1.807) is 11.3 Å². The molecule has 2 atom stereocenters. The van der Waals surface area contributed by atoms with Crippen molar-refractivity contribution in [1.29, 1.82) is 0 Å². The van der Waals surface area contributed by atoms with Gasteiger partial charge in [0.1, 0.15) is 5.01 Å². The number of hydrogen-bond donors (Lipinski definition) is 0. The second kappa shape index (κ2) is 6.57. The van der Waals surface area contributed by atoms with Gasteiger partial charge in [0.15, 0.2) is 0 Å². The van der Waals surface area contributed by atoms with Gasteiger partial charge in [-0.1, -0.05) is 12.1 Å². The summed E-state index contributed by atoms with van der Waals surface area (Å²) in [5, 5.41) is 1.09. The highest BCUT2D eigenvalue weighted by molar-refractivity contribution is 7.18. The Morgan fingerprint density at radius 3 is 3.04 bits per heavy atom. The van der Waals surface area contributed by atoms with Gasteiger partial charge in [-0.25, -0.2) is 4.98 Å². The maximum absolute atomic E-state index is 12.6. The summed E-state index contributed by atoms with van der Waals surface area (Å²) in [7, 11) is 0. The highest BCUT2D eigenvalue weighted by Crippen LogP contribution is 2.37. The molecule has 4 rings (SSSR count). The zero-order valence-corrected chi connectivity index (χ0v) is 14.1. The van der Waals surface area contributed by atoms with Crippen LogP contribution in [0.15, 0.2) is 24.3 Å². The zero-order valence-electron chi connectivity index (χ0n) is 13.2. The van der Waals surface area contributed by atoms with Crippen LogP contribution in [0.3, 0.4) is 0 Å². The van der Waals surface area contributed by atoms with Gasteiger partial charge in [-0.15, -0.1) is 11.3 Å².